The predicted octanol–water partition coefficient (Wildman–Crippen LogP) is 4.25. The van der Waals surface area contributed by atoms with Gasteiger partial charge < -0.3 is 4.74 Å². The number of hydrogen-bond donors (Lipinski definition) is 0. The first kappa shape index (κ1) is 14.3. The van der Waals surface area contributed by atoms with Crippen molar-refractivity contribution in [2.45, 2.75) is 65.2 Å². The van der Waals surface area contributed by atoms with Gasteiger partial charge in [0.25, 0.3) is 0 Å². The molecular weight excluding hydrogens is 212 g/mol. The van der Waals surface area contributed by atoms with Gasteiger partial charge in [-0.15, -0.1) is 0 Å². The molecule has 17 heavy (non-hydrogen) atoms. The van der Waals surface area contributed by atoms with Gasteiger partial charge in [0.05, 0.1) is 6.61 Å². The van der Waals surface area contributed by atoms with E-state index < -0.39 is 0 Å². The molecule has 0 radical (unpaired) electrons. The molecule has 0 aromatic carbocycles. The maximum Gasteiger partial charge on any atom is 0.333 e. The summed E-state index contributed by atoms with van der Waals surface area (Å²) in [5.74, 6) is 0.520. The van der Waals surface area contributed by atoms with Crippen LogP contribution in [0.3, 0.4) is 0 Å². The normalized spacial score (nSPS) is 18.1. The summed E-state index contributed by atoms with van der Waals surface area (Å²) in [7, 11) is 0. The zero-order chi connectivity index (χ0) is 12.5. The van der Waals surface area contributed by atoms with E-state index >= 15 is 0 Å². The van der Waals surface area contributed by atoms with Crippen LogP contribution in [0.2, 0.25) is 0 Å². The number of carbonyl (C=O) groups is 1. The molecule has 0 bridgehead atoms. The number of ether oxygens (including phenoxy) is 1. The third kappa shape index (κ3) is 5.38. The molecule has 0 aliphatic heterocycles. The Labute approximate surface area is 105 Å². The van der Waals surface area contributed by atoms with Gasteiger partial charge >= 0.3 is 5.97 Å². The number of carbonyl (C=O) groups excluding carboxylic acids is 1. The number of allylic oxidation sites excluding steroid dienone is 1. The molecular formula is C15H26O2. The van der Waals surface area contributed by atoms with E-state index in [1.807, 2.05) is 6.92 Å². The summed E-state index contributed by atoms with van der Waals surface area (Å²) < 4.78 is 5.14. The van der Waals surface area contributed by atoms with Crippen molar-refractivity contribution < 1.29 is 9.53 Å². The highest BCUT2D eigenvalue weighted by atomic mass is 16.5. The van der Waals surface area contributed by atoms with Crippen LogP contribution < -0.4 is 0 Å². The number of esters is 1. The van der Waals surface area contributed by atoms with Gasteiger partial charge in [-0.1, -0.05) is 38.7 Å². The van der Waals surface area contributed by atoms with Crippen LogP contribution in [0.15, 0.2) is 11.6 Å². The Morgan fingerprint density at radius 2 is 1.94 bits per heavy atom. The Morgan fingerprint density at radius 1 is 1.24 bits per heavy atom. The average Bonchev–Trinajstić information content (AvgIpc) is 2.36. The molecule has 1 aliphatic carbocycles. The van der Waals surface area contributed by atoms with Crippen LogP contribution in [0.4, 0.5) is 0 Å². The minimum atomic E-state index is -0.0912. The second-order valence-electron chi connectivity index (χ2n) is 4.91. The third-order valence-corrected chi connectivity index (χ3v) is 3.42. The molecule has 0 atom stereocenters. The van der Waals surface area contributed by atoms with Crippen molar-refractivity contribution in [1.29, 1.82) is 0 Å². The lowest BCUT2D eigenvalue weighted by molar-refractivity contribution is -0.138. The Hall–Kier alpha value is -0.790. The fourth-order valence-electron chi connectivity index (χ4n) is 2.43. The average molecular weight is 238 g/mol. The summed E-state index contributed by atoms with van der Waals surface area (Å²) in [6, 6.07) is 0. The molecule has 0 amide bonds. The van der Waals surface area contributed by atoms with Crippen molar-refractivity contribution in [1.82, 2.24) is 0 Å². The molecule has 0 spiro atoms. The summed E-state index contributed by atoms with van der Waals surface area (Å²) in [6.07, 6.45) is 11.8. The highest BCUT2D eigenvalue weighted by Gasteiger charge is 2.16. The van der Waals surface area contributed by atoms with Crippen LogP contribution in [0.1, 0.15) is 65.2 Å². The Balaban J connectivity index is 2.58. The fraction of sp³-hybridized carbons (Fsp3) is 0.800. The largest absolute Gasteiger partial charge is 0.463 e. The van der Waals surface area contributed by atoms with Gasteiger partial charge in [0.1, 0.15) is 0 Å². The lowest BCUT2D eigenvalue weighted by atomic mass is 9.87. The van der Waals surface area contributed by atoms with Crippen LogP contribution >= 0.6 is 0 Å². The molecule has 2 heteroatoms. The van der Waals surface area contributed by atoms with Crippen LogP contribution in [-0.2, 0) is 9.53 Å². The molecule has 0 aromatic heterocycles. The number of hydrogen-bond acceptors (Lipinski definition) is 2. The first-order valence-electron chi connectivity index (χ1n) is 7.15. The fourth-order valence-corrected chi connectivity index (χ4v) is 2.43. The summed E-state index contributed by atoms with van der Waals surface area (Å²) in [6.45, 7) is 4.51. The maximum atomic E-state index is 11.8. The second-order valence-corrected chi connectivity index (χ2v) is 4.91. The van der Waals surface area contributed by atoms with Gasteiger partial charge in [-0.25, -0.2) is 4.79 Å². The van der Waals surface area contributed by atoms with Gasteiger partial charge in [0.15, 0.2) is 0 Å². The van der Waals surface area contributed by atoms with Crippen molar-refractivity contribution in [3.05, 3.63) is 11.6 Å². The first-order valence-corrected chi connectivity index (χ1v) is 7.15. The molecule has 2 nitrogen and oxygen atoms in total. The van der Waals surface area contributed by atoms with Crippen molar-refractivity contribution in [3.8, 4) is 0 Å². The summed E-state index contributed by atoms with van der Waals surface area (Å²) in [5, 5.41) is 0. The lowest BCUT2D eigenvalue weighted by Crippen LogP contribution is -2.11. The molecule has 1 aliphatic rings. The second kappa shape index (κ2) is 8.32. The summed E-state index contributed by atoms with van der Waals surface area (Å²) in [4.78, 5) is 11.8. The molecule has 0 unspecified atom stereocenters. The van der Waals surface area contributed by atoms with E-state index in [4.69, 9.17) is 4.74 Å². The standard InChI is InChI=1S/C15H26O2/c1-3-5-11-14(15(16)17-4-2)12-13-9-7-6-8-10-13/h12-13H,3-11H2,1-2H3/b14-12+. The van der Waals surface area contributed by atoms with E-state index in [0.717, 1.165) is 24.8 Å². The Kier molecular flexibility index (Phi) is 6.99. The smallest absolute Gasteiger partial charge is 0.333 e. The van der Waals surface area contributed by atoms with Gasteiger partial charge in [0, 0.05) is 5.57 Å². The van der Waals surface area contributed by atoms with Crippen molar-refractivity contribution in [2.24, 2.45) is 5.92 Å². The van der Waals surface area contributed by atoms with E-state index in [1.54, 1.807) is 0 Å². The van der Waals surface area contributed by atoms with Crippen molar-refractivity contribution in [2.75, 3.05) is 6.61 Å². The van der Waals surface area contributed by atoms with E-state index in [2.05, 4.69) is 13.0 Å². The molecule has 1 rings (SSSR count). The van der Waals surface area contributed by atoms with E-state index in [0.29, 0.717) is 12.5 Å². The third-order valence-electron chi connectivity index (χ3n) is 3.42. The highest BCUT2D eigenvalue weighted by Crippen LogP contribution is 2.26. The number of rotatable bonds is 6. The minimum Gasteiger partial charge on any atom is -0.463 e. The van der Waals surface area contributed by atoms with Crippen molar-refractivity contribution in [3.63, 3.8) is 0 Å². The molecule has 0 saturated heterocycles. The summed E-state index contributed by atoms with van der Waals surface area (Å²) in [5.41, 5.74) is 0.917. The maximum absolute atomic E-state index is 11.8. The van der Waals surface area contributed by atoms with Crippen LogP contribution in [0.5, 0.6) is 0 Å². The predicted molar refractivity (Wildman–Crippen MR) is 70.8 cm³/mol. The van der Waals surface area contributed by atoms with E-state index in [-0.39, 0.29) is 5.97 Å². The summed E-state index contributed by atoms with van der Waals surface area (Å²) >= 11 is 0. The molecule has 0 N–H and O–H groups in total. The molecule has 1 fully saturated rings. The zero-order valence-corrected chi connectivity index (χ0v) is 11.3. The minimum absolute atomic E-state index is 0.0912. The topological polar surface area (TPSA) is 26.3 Å². The number of unbranched alkanes of at least 4 members (excludes halogenated alkanes) is 1. The first-order chi connectivity index (χ1) is 8.27. The van der Waals surface area contributed by atoms with Crippen LogP contribution in [-0.4, -0.2) is 12.6 Å². The van der Waals surface area contributed by atoms with Gasteiger partial charge in [-0.3, -0.25) is 0 Å². The lowest BCUT2D eigenvalue weighted by Gasteiger charge is -2.19. The molecule has 98 valence electrons. The van der Waals surface area contributed by atoms with Crippen molar-refractivity contribution >= 4 is 5.97 Å². The Bertz CT molecular complexity index is 250. The highest BCUT2D eigenvalue weighted by molar-refractivity contribution is 5.88. The Morgan fingerprint density at radius 3 is 2.53 bits per heavy atom. The molecule has 1 saturated carbocycles. The van der Waals surface area contributed by atoms with Gasteiger partial charge in [-0.2, -0.15) is 0 Å². The van der Waals surface area contributed by atoms with Crippen LogP contribution in [0, 0.1) is 5.92 Å². The quantitative estimate of drug-likeness (QED) is 0.511. The van der Waals surface area contributed by atoms with Crippen LogP contribution in [0.25, 0.3) is 0 Å². The van der Waals surface area contributed by atoms with E-state index in [9.17, 15) is 4.79 Å². The van der Waals surface area contributed by atoms with Gasteiger partial charge in [-0.05, 0) is 38.5 Å². The monoisotopic (exact) mass is 238 g/mol. The molecule has 0 heterocycles. The molecule has 0 aromatic rings. The SMILES string of the molecule is CCCC/C(=C\C1CCCCC1)C(=O)OCC. The zero-order valence-electron chi connectivity index (χ0n) is 11.3. The van der Waals surface area contributed by atoms with E-state index in [1.165, 1.54) is 32.1 Å². The van der Waals surface area contributed by atoms with Gasteiger partial charge in [0.2, 0.25) is 0 Å².